The van der Waals surface area contributed by atoms with Gasteiger partial charge in [0.2, 0.25) is 0 Å². The minimum absolute atomic E-state index is 0.0595. The molecule has 0 aliphatic carbocycles. The van der Waals surface area contributed by atoms with Crippen LogP contribution in [0.4, 0.5) is 18.9 Å². The Labute approximate surface area is 140 Å². The van der Waals surface area contributed by atoms with Crippen molar-refractivity contribution < 1.29 is 28.2 Å². The second-order valence-corrected chi connectivity index (χ2v) is 5.57. The van der Waals surface area contributed by atoms with Gasteiger partial charge in [0.05, 0.1) is 23.4 Å². The number of carbonyl (C=O) groups is 1. The summed E-state index contributed by atoms with van der Waals surface area (Å²) in [5.74, 6) is -1.20. The van der Waals surface area contributed by atoms with Crippen molar-refractivity contribution in [2.24, 2.45) is 5.10 Å². The second-order valence-electron chi connectivity index (χ2n) is 5.57. The molecule has 0 bridgehead atoms. The molecule has 2 N–H and O–H groups in total. The number of hydrogen-bond donors (Lipinski definition) is 2. The molecular weight excluding hydrogens is 337 g/mol. The molecule has 8 heteroatoms. The maximum Gasteiger partial charge on any atom is 0.438 e. The molecule has 0 amide bonds. The smallest absolute Gasteiger partial charge is 0.438 e. The molecule has 0 fully saturated rings. The summed E-state index contributed by atoms with van der Waals surface area (Å²) in [6.07, 6.45) is -5.69. The Bertz CT molecular complexity index is 819. The third-order valence-electron chi connectivity index (χ3n) is 3.90. The topological polar surface area (TPSA) is 73.1 Å². The highest BCUT2D eigenvalue weighted by Gasteiger charge is 2.61. The van der Waals surface area contributed by atoms with Gasteiger partial charge in [0.15, 0.2) is 0 Å². The van der Waals surface area contributed by atoms with Crippen LogP contribution in [0, 0.1) is 0 Å². The van der Waals surface area contributed by atoms with Gasteiger partial charge in [-0.2, -0.15) is 18.3 Å². The molecule has 0 radical (unpaired) electrons. The van der Waals surface area contributed by atoms with E-state index >= 15 is 0 Å². The maximum atomic E-state index is 13.5. The SMILES string of the molecule is O=C(O)c1ccc(N2N=C(c3ccccc3)CC2(O)C(F)(F)F)cc1. The lowest BCUT2D eigenvalue weighted by Gasteiger charge is -2.34. The molecule has 1 aliphatic rings. The number of aromatic carboxylic acids is 1. The van der Waals surface area contributed by atoms with Gasteiger partial charge in [0, 0.05) is 0 Å². The number of hydrogen-bond acceptors (Lipinski definition) is 4. The molecular formula is C17H13F3N2O3. The van der Waals surface area contributed by atoms with E-state index in [1.165, 1.54) is 12.1 Å². The number of nitrogens with zero attached hydrogens (tertiary/aromatic N) is 2. The summed E-state index contributed by atoms with van der Waals surface area (Å²) >= 11 is 0. The summed E-state index contributed by atoms with van der Waals surface area (Å²) in [7, 11) is 0. The van der Waals surface area contributed by atoms with Crippen LogP contribution in [0.15, 0.2) is 59.7 Å². The Kier molecular flexibility index (Phi) is 4.00. The van der Waals surface area contributed by atoms with Crippen molar-refractivity contribution in [3.8, 4) is 0 Å². The monoisotopic (exact) mass is 350 g/mol. The van der Waals surface area contributed by atoms with Crippen LogP contribution in [0.1, 0.15) is 22.3 Å². The fourth-order valence-electron chi connectivity index (χ4n) is 2.57. The van der Waals surface area contributed by atoms with Crippen LogP contribution in [0.5, 0.6) is 0 Å². The Morgan fingerprint density at radius 2 is 1.68 bits per heavy atom. The summed E-state index contributed by atoms with van der Waals surface area (Å²) in [4.78, 5) is 10.9. The third kappa shape index (κ3) is 2.96. The van der Waals surface area contributed by atoms with Gasteiger partial charge in [0.25, 0.3) is 5.72 Å². The quantitative estimate of drug-likeness (QED) is 0.891. The Hall–Kier alpha value is -2.87. The summed E-state index contributed by atoms with van der Waals surface area (Å²) in [6.45, 7) is 0. The molecule has 5 nitrogen and oxygen atoms in total. The van der Waals surface area contributed by atoms with Gasteiger partial charge in [-0.3, -0.25) is 0 Å². The molecule has 1 heterocycles. The van der Waals surface area contributed by atoms with E-state index in [0.717, 1.165) is 12.1 Å². The summed E-state index contributed by atoms with van der Waals surface area (Å²) in [5.41, 5.74) is -2.79. The van der Waals surface area contributed by atoms with Gasteiger partial charge in [-0.1, -0.05) is 30.3 Å². The van der Waals surface area contributed by atoms with Gasteiger partial charge in [0.1, 0.15) is 0 Å². The van der Waals surface area contributed by atoms with Crippen LogP contribution in [0.25, 0.3) is 0 Å². The molecule has 130 valence electrons. The molecule has 1 aliphatic heterocycles. The Morgan fingerprint density at radius 1 is 1.08 bits per heavy atom. The largest absolute Gasteiger partial charge is 0.478 e. The zero-order chi connectivity index (χ0) is 18.2. The van der Waals surface area contributed by atoms with Crippen LogP contribution in [-0.2, 0) is 0 Å². The first-order valence-electron chi connectivity index (χ1n) is 7.28. The van der Waals surface area contributed by atoms with E-state index in [1.807, 2.05) is 0 Å². The van der Waals surface area contributed by atoms with E-state index in [2.05, 4.69) is 5.10 Å². The fraction of sp³-hybridized carbons (Fsp3) is 0.176. The van der Waals surface area contributed by atoms with E-state index in [1.54, 1.807) is 30.3 Å². The van der Waals surface area contributed by atoms with E-state index < -0.39 is 24.3 Å². The first-order chi connectivity index (χ1) is 11.7. The third-order valence-corrected chi connectivity index (χ3v) is 3.90. The number of halogens is 3. The highest BCUT2D eigenvalue weighted by Crippen LogP contribution is 2.43. The number of hydrazone groups is 1. The summed E-state index contributed by atoms with van der Waals surface area (Å²) in [5, 5.41) is 23.7. The fourth-order valence-corrected chi connectivity index (χ4v) is 2.57. The first kappa shape index (κ1) is 17.0. The second kappa shape index (κ2) is 5.89. The number of anilines is 1. The van der Waals surface area contributed by atoms with E-state index in [4.69, 9.17) is 5.11 Å². The van der Waals surface area contributed by atoms with Crippen molar-refractivity contribution in [3.63, 3.8) is 0 Å². The molecule has 0 aromatic heterocycles. The van der Waals surface area contributed by atoms with Crippen molar-refractivity contribution >= 4 is 17.4 Å². The van der Waals surface area contributed by atoms with Crippen molar-refractivity contribution in [1.29, 1.82) is 0 Å². The maximum absolute atomic E-state index is 13.5. The molecule has 0 spiro atoms. The standard InChI is InChI=1S/C17H13F3N2O3/c18-17(19,20)16(25)10-14(11-4-2-1-3-5-11)21-22(16)13-8-6-12(7-9-13)15(23)24/h1-9,25H,10H2,(H,23,24). The number of benzene rings is 2. The lowest BCUT2D eigenvalue weighted by molar-refractivity contribution is -0.254. The van der Waals surface area contributed by atoms with Crippen LogP contribution in [0.2, 0.25) is 0 Å². The average molecular weight is 350 g/mol. The molecule has 3 rings (SSSR count). The average Bonchev–Trinajstić information content (AvgIpc) is 2.95. The molecule has 25 heavy (non-hydrogen) atoms. The summed E-state index contributed by atoms with van der Waals surface area (Å²) in [6, 6.07) is 12.9. The number of alkyl halides is 3. The van der Waals surface area contributed by atoms with Crippen molar-refractivity contribution in [3.05, 3.63) is 65.7 Å². The van der Waals surface area contributed by atoms with Gasteiger partial charge < -0.3 is 10.2 Å². The van der Waals surface area contributed by atoms with E-state index in [0.29, 0.717) is 10.6 Å². The van der Waals surface area contributed by atoms with Crippen molar-refractivity contribution in [1.82, 2.24) is 0 Å². The van der Waals surface area contributed by atoms with E-state index in [9.17, 15) is 23.1 Å². The van der Waals surface area contributed by atoms with Crippen LogP contribution in [-0.4, -0.2) is 33.8 Å². The number of carboxylic acids is 1. The van der Waals surface area contributed by atoms with Crippen LogP contribution >= 0.6 is 0 Å². The number of rotatable bonds is 3. The number of carboxylic acid groups (broad SMARTS) is 1. The predicted octanol–water partition coefficient (Wildman–Crippen LogP) is 3.25. The van der Waals surface area contributed by atoms with Gasteiger partial charge in [-0.25, -0.2) is 9.80 Å². The molecule has 1 atom stereocenters. The minimum Gasteiger partial charge on any atom is -0.478 e. The Morgan fingerprint density at radius 3 is 2.20 bits per heavy atom. The molecule has 0 saturated carbocycles. The minimum atomic E-state index is -4.96. The predicted molar refractivity (Wildman–Crippen MR) is 84.5 cm³/mol. The molecule has 0 saturated heterocycles. The lowest BCUT2D eigenvalue weighted by atomic mass is 10.0. The zero-order valence-corrected chi connectivity index (χ0v) is 12.7. The lowest BCUT2D eigenvalue weighted by Crippen LogP contribution is -2.55. The van der Waals surface area contributed by atoms with Gasteiger partial charge >= 0.3 is 12.1 Å². The number of aliphatic hydroxyl groups is 1. The molecule has 1 unspecified atom stereocenters. The van der Waals surface area contributed by atoms with Crippen molar-refractivity contribution in [2.75, 3.05) is 5.01 Å². The summed E-state index contributed by atoms with van der Waals surface area (Å²) < 4.78 is 40.6. The highest BCUT2D eigenvalue weighted by molar-refractivity contribution is 6.03. The zero-order valence-electron chi connectivity index (χ0n) is 12.7. The van der Waals surface area contributed by atoms with Crippen molar-refractivity contribution in [2.45, 2.75) is 18.3 Å². The molecule has 2 aromatic carbocycles. The first-order valence-corrected chi connectivity index (χ1v) is 7.28. The van der Waals surface area contributed by atoms with Gasteiger partial charge in [-0.05, 0) is 29.8 Å². The highest BCUT2D eigenvalue weighted by atomic mass is 19.4. The molecule has 2 aromatic rings. The van der Waals surface area contributed by atoms with Crippen LogP contribution < -0.4 is 5.01 Å². The van der Waals surface area contributed by atoms with E-state index in [-0.39, 0.29) is 17.0 Å². The van der Waals surface area contributed by atoms with Crippen LogP contribution in [0.3, 0.4) is 0 Å². The Balaban J connectivity index is 2.05. The van der Waals surface area contributed by atoms with Gasteiger partial charge in [-0.15, -0.1) is 0 Å². The normalized spacial score (nSPS) is 20.5.